The Morgan fingerprint density at radius 2 is 1.75 bits per heavy atom. The number of non-ortho nitro benzene ring substituents is 1. The van der Waals surface area contributed by atoms with Gasteiger partial charge in [-0.1, -0.05) is 56.3 Å². The average molecular weight is 487 g/mol. The summed E-state index contributed by atoms with van der Waals surface area (Å²) in [7, 11) is 0. The number of Topliss-reactive ketones (excluding diaryl/α,β-unsaturated/α-hetero) is 1. The maximum atomic E-state index is 13.3. The molecule has 1 amide bonds. The third kappa shape index (κ3) is 4.57. The molecule has 1 unspecified atom stereocenters. The lowest BCUT2D eigenvalue weighted by Crippen LogP contribution is -2.29. The van der Waals surface area contributed by atoms with Gasteiger partial charge in [0, 0.05) is 29.4 Å². The van der Waals surface area contributed by atoms with Crippen molar-refractivity contribution in [3.05, 3.63) is 105 Å². The van der Waals surface area contributed by atoms with Crippen LogP contribution in [0.25, 0.3) is 5.76 Å². The van der Waals surface area contributed by atoms with Crippen molar-refractivity contribution in [1.29, 1.82) is 0 Å². The highest BCUT2D eigenvalue weighted by molar-refractivity contribution is 6.51. The summed E-state index contributed by atoms with van der Waals surface area (Å²) in [5, 5.41) is 22.5. The molecule has 1 N–H and O–H groups in total. The van der Waals surface area contributed by atoms with E-state index in [0.717, 1.165) is 5.56 Å². The number of anilines is 1. The molecule has 4 rings (SSSR count). The Morgan fingerprint density at radius 3 is 2.39 bits per heavy atom. The fraction of sp³-hybridized carbons (Fsp3) is 0.214. The zero-order valence-electron chi connectivity index (χ0n) is 20.2. The van der Waals surface area contributed by atoms with Crippen LogP contribution >= 0.6 is 0 Å². The van der Waals surface area contributed by atoms with Crippen molar-refractivity contribution in [1.82, 2.24) is 0 Å². The van der Waals surface area contributed by atoms with E-state index in [2.05, 4.69) is 13.8 Å². The highest BCUT2D eigenvalue weighted by atomic mass is 16.6. The summed E-state index contributed by atoms with van der Waals surface area (Å²) in [5.41, 5.74) is 1.82. The molecule has 0 aliphatic carbocycles. The van der Waals surface area contributed by atoms with Gasteiger partial charge in [0.25, 0.3) is 17.4 Å². The van der Waals surface area contributed by atoms with E-state index in [1.165, 1.54) is 29.2 Å². The van der Waals surface area contributed by atoms with Gasteiger partial charge in [-0.05, 0) is 36.1 Å². The van der Waals surface area contributed by atoms with Gasteiger partial charge in [-0.25, -0.2) is 0 Å². The van der Waals surface area contributed by atoms with E-state index < -0.39 is 28.4 Å². The number of carbonyl (C=O) groups excluding carboxylic acids is 2. The van der Waals surface area contributed by atoms with Crippen LogP contribution in [0.1, 0.15) is 49.4 Å². The first kappa shape index (κ1) is 24.7. The number of nitro groups is 1. The number of carbonyl (C=O) groups is 2. The van der Waals surface area contributed by atoms with Crippen LogP contribution in [0, 0.1) is 10.1 Å². The first-order chi connectivity index (χ1) is 17.2. The Labute approximate surface area is 208 Å². The topological polar surface area (TPSA) is 110 Å². The maximum Gasteiger partial charge on any atom is 0.300 e. The van der Waals surface area contributed by atoms with Crippen molar-refractivity contribution in [2.45, 2.75) is 32.7 Å². The fourth-order valence-electron chi connectivity index (χ4n) is 4.29. The molecule has 3 aromatic rings. The molecule has 8 heteroatoms. The van der Waals surface area contributed by atoms with Crippen LogP contribution in [0.5, 0.6) is 5.75 Å². The van der Waals surface area contributed by atoms with Gasteiger partial charge in [0.05, 0.1) is 23.1 Å². The molecule has 0 radical (unpaired) electrons. The predicted molar refractivity (Wildman–Crippen MR) is 136 cm³/mol. The van der Waals surface area contributed by atoms with Crippen molar-refractivity contribution in [2.24, 2.45) is 0 Å². The van der Waals surface area contributed by atoms with Gasteiger partial charge in [0.1, 0.15) is 11.5 Å². The number of ketones is 1. The number of benzene rings is 3. The molecule has 8 nitrogen and oxygen atoms in total. The lowest BCUT2D eigenvalue weighted by molar-refractivity contribution is -0.384. The first-order valence-electron chi connectivity index (χ1n) is 11.6. The molecular weight excluding hydrogens is 460 g/mol. The summed E-state index contributed by atoms with van der Waals surface area (Å²) < 4.78 is 5.58. The molecular formula is C28H26N2O6. The number of ether oxygens (including phenoxy) is 1. The van der Waals surface area contributed by atoms with E-state index in [4.69, 9.17) is 4.74 Å². The number of hydrogen-bond donors (Lipinski definition) is 1. The standard InChI is InChI=1S/C28H26N2O6/c1-4-36-23-10-6-8-21(16-23)29-25(19-13-11-18(12-14-19)17(2)3)24(27(32)28(29)33)26(31)20-7-5-9-22(15-20)30(34)35/h5-17,25,31H,4H2,1-3H3/b26-24-. The highest BCUT2D eigenvalue weighted by Gasteiger charge is 2.47. The summed E-state index contributed by atoms with van der Waals surface area (Å²) in [6, 6.07) is 18.7. The van der Waals surface area contributed by atoms with Crippen LogP contribution in [0.2, 0.25) is 0 Å². The average Bonchev–Trinajstić information content (AvgIpc) is 3.14. The van der Waals surface area contributed by atoms with Crippen LogP contribution in [0.3, 0.4) is 0 Å². The van der Waals surface area contributed by atoms with Crippen LogP contribution in [0.15, 0.2) is 78.4 Å². The van der Waals surface area contributed by atoms with Gasteiger partial charge in [-0.2, -0.15) is 0 Å². The minimum Gasteiger partial charge on any atom is -0.507 e. The number of nitro benzene ring substituents is 1. The molecule has 1 fully saturated rings. The molecule has 36 heavy (non-hydrogen) atoms. The summed E-state index contributed by atoms with van der Waals surface area (Å²) >= 11 is 0. The SMILES string of the molecule is CCOc1cccc(N2C(=O)C(=O)/C(=C(\O)c3cccc([N+](=O)[O-])c3)C2c2ccc(C(C)C)cc2)c1. The van der Waals surface area contributed by atoms with Crippen molar-refractivity contribution < 1.29 is 24.4 Å². The molecule has 1 aliphatic heterocycles. The fourth-order valence-corrected chi connectivity index (χ4v) is 4.29. The van der Waals surface area contributed by atoms with Gasteiger partial charge in [0.2, 0.25) is 0 Å². The molecule has 1 heterocycles. The monoisotopic (exact) mass is 486 g/mol. The molecule has 184 valence electrons. The Kier molecular flexibility index (Phi) is 6.87. The summed E-state index contributed by atoms with van der Waals surface area (Å²) in [4.78, 5) is 38.7. The zero-order valence-corrected chi connectivity index (χ0v) is 20.2. The molecule has 0 aromatic heterocycles. The normalized spacial score (nSPS) is 17.0. The van der Waals surface area contributed by atoms with E-state index in [1.54, 1.807) is 24.3 Å². The van der Waals surface area contributed by atoms with E-state index >= 15 is 0 Å². The third-order valence-corrected chi connectivity index (χ3v) is 6.10. The number of nitrogens with zero attached hydrogens (tertiary/aromatic N) is 2. The van der Waals surface area contributed by atoms with E-state index in [-0.39, 0.29) is 22.7 Å². The van der Waals surface area contributed by atoms with Crippen molar-refractivity contribution >= 4 is 28.8 Å². The molecule has 1 atom stereocenters. The minimum atomic E-state index is -0.942. The van der Waals surface area contributed by atoms with Crippen LogP contribution < -0.4 is 9.64 Å². The highest BCUT2D eigenvalue weighted by Crippen LogP contribution is 2.43. The maximum absolute atomic E-state index is 13.3. The van der Waals surface area contributed by atoms with Gasteiger partial charge in [-0.3, -0.25) is 24.6 Å². The molecule has 0 spiro atoms. The van der Waals surface area contributed by atoms with Crippen LogP contribution in [-0.2, 0) is 9.59 Å². The second-order valence-corrected chi connectivity index (χ2v) is 8.73. The predicted octanol–water partition coefficient (Wildman–Crippen LogP) is 5.74. The molecule has 3 aromatic carbocycles. The van der Waals surface area contributed by atoms with Crippen LogP contribution in [-0.4, -0.2) is 28.3 Å². The van der Waals surface area contributed by atoms with Gasteiger partial charge in [0.15, 0.2) is 0 Å². The quantitative estimate of drug-likeness (QED) is 0.150. The Hall–Kier alpha value is -4.46. The third-order valence-electron chi connectivity index (χ3n) is 6.10. The summed E-state index contributed by atoms with van der Waals surface area (Å²) in [5.74, 6) is -1.35. The van der Waals surface area contributed by atoms with Crippen LogP contribution in [0.4, 0.5) is 11.4 Å². The van der Waals surface area contributed by atoms with Crippen molar-refractivity contribution in [2.75, 3.05) is 11.5 Å². The number of hydrogen-bond acceptors (Lipinski definition) is 6. The van der Waals surface area contributed by atoms with Gasteiger partial charge in [-0.15, -0.1) is 0 Å². The molecule has 1 saturated heterocycles. The number of aliphatic hydroxyl groups is 1. The lowest BCUT2D eigenvalue weighted by Gasteiger charge is -2.26. The minimum absolute atomic E-state index is 0.0778. The second kappa shape index (κ2) is 10.0. The molecule has 0 bridgehead atoms. The van der Waals surface area contributed by atoms with Gasteiger partial charge >= 0.3 is 0 Å². The molecule has 0 saturated carbocycles. The van der Waals surface area contributed by atoms with Crippen molar-refractivity contribution in [3.8, 4) is 5.75 Å². The zero-order chi connectivity index (χ0) is 26.0. The van der Waals surface area contributed by atoms with Crippen molar-refractivity contribution in [3.63, 3.8) is 0 Å². The van der Waals surface area contributed by atoms with E-state index in [0.29, 0.717) is 23.6 Å². The number of aliphatic hydroxyl groups excluding tert-OH is 1. The first-order valence-corrected chi connectivity index (χ1v) is 11.6. The lowest BCUT2D eigenvalue weighted by atomic mass is 9.93. The molecule has 1 aliphatic rings. The van der Waals surface area contributed by atoms with E-state index in [9.17, 15) is 24.8 Å². The summed E-state index contributed by atoms with van der Waals surface area (Å²) in [6.07, 6.45) is 0. The number of amides is 1. The van der Waals surface area contributed by atoms with E-state index in [1.807, 2.05) is 31.2 Å². The Balaban J connectivity index is 1.92. The Bertz CT molecular complexity index is 1360. The van der Waals surface area contributed by atoms with Gasteiger partial charge < -0.3 is 9.84 Å². The summed E-state index contributed by atoms with van der Waals surface area (Å²) in [6.45, 7) is 6.38. The largest absolute Gasteiger partial charge is 0.507 e. The second-order valence-electron chi connectivity index (χ2n) is 8.73. The number of rotatable bonds is 7. The Morgan fingerprint density at radius 1 is 1.06 bits per heavy atom. The smallest absolute Gasteiger partial charge is 0.300 e.